The quantitative estimate of drug-likeness (QED) is 0.778. The number of aryl methyl sites for hydroxylation is 1. The number of anilines is 2. The van der Waals surface area contributed by atoms with Crippen molar-refractivity contribution in [3.63, 3.8) is 0 Å². The number of ether oxygens (including phenoxy) is 1. The smallest absolute Gasteiger partial charge is 0.0637 e. The monoisotopic (exact) mass is 222 g/mol. The van der Waals surface area contributed by atoms with Gasteiger partial charge in [0, 0.05) is 31.1 Å². The van der Waals surface area contributed by atoms with Crippen LogP contribution in [0.3, 0.4) is 0 Å². The van der Waals surface area contributed by atoms with Crippen LogP contribution >= 0.6 is 0 Å². The highest BCUT2D eigenvalue weighted by Crippen LogP contribution is 2.22. The van der Waals surface area contributed by atoms with Crippen LogP contribution in [0.1, 0.15) is 19.4 Å². The lowest BCUT2D eigenvalue weighted by molar-refractivity contribution is 0.204. The van der Waals surface area contributed by atoms with E-state index in [1.807, 2.05) is 13.0 Å². The van der Waals surface area contributed by atoms with Gasteiger partial charge in [-0.1, -0.05) is 6.07 Å². The van der Waals surface area contributed by atoms with Crippen LogP contribution < -0.4 is 10.6 Å². The highest BCUT2D eigenvalue weighted by molar-refractivity contribution is 5.60. The second-order valence-corrected chi connectivity index (χ2v) is 4.32. The Morgan fingerprint density at radius 2 is 2.06 bits per heavy atom. The molecule has 90 valence electrons. The van der Waals surface area contributed by atoms with E-state index < -0.39 is 0 Å². The first-order valence-electron chi connectivity index (χ1n) is 5.68. The SMILES string of the molecule is COCCN(c1ccc(C)c(N)c1)C(C)C. The first kappa shape index (κ1) is 12.8. The fraction of sp³-hybridized carbons (Fsp3) is 0.538. The molecule has 0 saturated carbocycles. The maximum Gasteiger partial charge on any atom is 0.0637 e. The van der Waals surface area contributed by atoms with E-state index in [1.54, 1.807) is 7.11 Å². The summed E-state index contributed by atoms with van der Waals surface area (Å²) in [5.41, 5.74) is 9.06. The minimum Gasteiger partial charge on any atom is -0.398 e. The fourth-order valence-corrected chi connectivity index (χ4v) is 1.68. The average Bonchev–Trinajstić information content (AvgIpc) is 2.23. The molecule has 0 atom stereocenters. The zero-order valence-electron chi connectivity index (χ0n) is 10.7. The van der Waals surface area contributed by atoms with Crippen molar-refractivity contribution in [3.05, 3.63) is 23.8 Å². The van der Waals surface area contributed by atoms with Crippen molar-refractivity contribution >= 4 is 11.4 Å². The van der Waals surface area contributed by atoms with E-state index in [4.69, 9.17) is 10.5 Å². The number of nitrogens with zero attached hydrogens (tertiary/aromatic N) is 1. The summed E-state index contributed by atoms with van der Waals surface area (Å²) in [4.78, 5) is 2.29. The normalized spacial score (nSPS) is 10.8. The third-order valence-electron chi connectivity index (χ3n) is 2.75. The number of methoxy groups -OCH3 is 1. The van der Waals surface area contributed by atoms with Gasteiger partial charge < -0.3 is 15.4 Å². The molecule has 0 saturated heterocycles. The summed E-state index contributed by atoms with van der Waals surface area (Å²) in [5.74, 6) is 0. The molecule has 0 amide bonds. The Morgan fingerprint density at radius 3 is 2.56 bits per heavy atom. The first-order valence-corrected chi connectivity index (χ1v) is 5.68. The van der Waals surface area contributed by atoms with E-state index in [-0.39, 0.29) is 0 Å². The molecular weight excluding hydrogens is 200 g/mol. The van der Waals surface area contributed by atoms with Crippen LogP contribution in [-0.4, -0.2) is 26.3 Å². The zero-order valence-corrected chi connectivity index (χ0v) is 10.7. The van der Waals surface area contributed by atoms with Crippen LogP contribution in [0.5, 0.6) is 0 Å². The van der Waals surface area contributed by atoms with Crippen LogP contribution in [0.25, 0.3) is 0 Å². The third kappa shape index (κ3) is 3.14. The lowest BCUT2D eigenvalue weighted by Gasteiger charge is -2.29. The van der Waals surface area contributed by atoms with E-state index in [2.05, 4.69) is 30.9 Å². The Balaban J connectivity index is 2.88. The Labute approximate surface area is 98.2 Å². The lowest BCUT2D eigenvalue weighted by Crippen LogP contribution is -2.33. The minimum absolute atomic E-state index is 0.442. The van der Waals surface area contributed by atoms with E-state index in [0.717, 1.165) is 30.1 Å². The van der Waals surface area contributed by atoms with Gasteiger partial charge in [0.1, 0.15) is 0 Å². The minimum atomic E-state index is 0.442. The van der Waals surface area contributed by atoms with Crippen molar-refractivity contribution in [1.29, 1.82) is 0 Å². The molecule has 0 spiro atoms. The molecule has 3 heteroatoms. The van der Waals surface area contributed by atoms with Crippen LogP contribution in [0, 0.1) is 6.92 Å². The van der Waals surface area contributed by atoms with Gasteiger partial charge in [-0.15, -0.1) is 0 Å². The highest BCUT2D eigenvalue weighted by Gasteiger charge is 2.10. The number of nitrogen functional groups attached to an aromatic ring is 1. The van der Waals surface area contributed by atoms with Crippen LogP contribution in [0.2, 0.25) is 0 Å². The van der Waals surface area contributed by atoms with Crippen molar-refractivity contribution in [2.45, 2.75) is 26.8 Å². The average molecular weight is 222 g/mol. The number of benzene rings is 1. The van der Waals surface area contributed by atoms with Gasteiger partial charge in [-0.05, 0) is 38.5 Å². The lowest BCUT2D eigenvalue weighted by atomic mass is 10.1. The topological polar surface area (TPSA) is 38.5 Å². The van der Waals surface area contributed by atoms with Crippen LogP contribution in [-0.2, 0) is 4.74 Å². The van der Waals surface area contributed by atoms with Crippen LogP contribution in [0.15, 0.2) is 18.2 Å². The molecule has 1 aromatic carbocycles. The molecule has 0 aromatic heterocycles. The van der Waals surface area contributed by atoms with Gasteiger partial charge in [-0.2, -0.15) is 0 Å². The van der Waals surface area contributed by atoms with Gasteiger partial charge in [0.25, 0.3) is 0 Å². The Kier molecular flexibility index (Phi) is 4.62. The molecule has 0 fully saturated rings. The van der Waals surface area contributed by atoms with Gasteiger partial charge >= 0.3 is 0 Å². The number of hydrogen-bond acceptors (Lipinski definition) is 3. The van der Waals surface area contributed by atoms with Gasteiger partial charge in [-0.25, -0.2) is 0 Å². The van der Waals surface area contributed by atoms with E-state index in [0.29, 0.717) is 6.04 Å². The second-order valence-electron chi connectivity index (χ2n) is 4.32. The third-order valence-corrected chi connectivity index (χ3v) is 2.75. The Morgan fingerprint density at radius 1 is 1.38 bits per heavy atom. The molecule has 0 aliphatic heterocycles. The molecule has 1 aromatic rings. The molecule has 1 rings (SSSR count). The molecule has 3 nitrogen and oxygen atoms in total. The summed E-state index contributed by atoms with van der Waals surface area (Å²) in [7, 11) is 1.72. The predicted molar refractivity (Wildman–Crippen MR) is 69.9 cm³/mol. The molecule has 0 unspecified atom stereocenters. The van der Waals surface area contributed by atoms with Crippen molar-refractivity contribution in [2.24, 2.45) is 0 Å². The number of rotatable bonds is 5. The standard InChI is InChI=1S/C13H22N2O/c1-10(2)15(7-8-16-4)12-6-5-11(3)13(14)9-12/h5-6,9-10H,7-8,14H2,1-4H3. The molecule has 2 N–H and O–H groups in total. The summed E-state index contributed by atoms with van der Waals surface area (Å²) in [6.07, 6.45) is 0. The molecule has 0 aliphatic carbocycles. The van der Waals surface area contributed by atoms with Gasteiger partial charge in [0.15, 0.2) is 0 Å². The number of nitrogens with two attached hydrogens (primary N) is 1. The van der Waals surface area contributed by atoms with Crippen molar-refractivity contribution in [2.75, 3.05) is 30.9 Å². The Bertz CT molecular complexity index is 337. The molecule has 0 aliphatic rings. The van der Waals surface area contributed by atoms with Crippen LogP contribution in [0.4, 0.5) is 11.4 Å². The molecule has 0 bridgehead atoms. The summed E-state index contributed by atoms with van der Waals surface area (Å²) < 4.78 is 5.13. The first-order chi connectivity index (χ1) is 7.56. The van der Waals surface area contributed by atoms with Gasteiger partial charge in [-0.3, -0.25) is 0 Å². The molecule has 0 heterocycles. The fourth-order valence-electron chi connectivity index (χ4n) is 1.68. The van der Waals surface area contributed by atoms with Gasteiger partial charge in [0.2, 0.25) is 0 Å². The molecule has 0 radical (unpaired) electrons. The van der Waals surface area contributed by atoms with E-state index >= 15 is 0 Å². The predicted octanol–water partition coefficient (Wildman–Crippen LogP) is 2.44. The second kappa shape index (κ2) is 5.75. The van der Waals surface area contributed by atoms with Crippen molar-refractivity contribution < 1.29 is 4.74 Å². The molecule has 16 heavy (non-hydrogen) atoms. The van der Waals surface area contributed by atoms with E-state index in [1.165, 1.54) is 0 Å². The van der Waals surface area contributed by atoms with Gasteiger partial charge in [0.05, 0.1) is 6.61 Å². The number of hydrogen-bond donors (Lipinski definition) is 1. The summed E-state index contributed by atoms with van der Waals surface area (Å²) >= 11 is 0. The molecular formula is C13H22N2O. The highest BCUT2D eigenvalue weighted by atomic mass is 16.5. The van der Waals surface area contributed by atoms with Crippen molar-refractivity contribution in [1.82, 2.24) is 0 Å². The largest absolute Gasteiger partial charge is 0.398 e. The Hall–Kier alpha value is -1.22. The summed E-state index contributed by atoms with van der Waals surface area (Å²) in [6.45, 7) is 7.98. The summed E-state index contributed by atoms with van der Waals surface area (Å²) in [6, 6.07) is 6.65. The maximum atomic E-state index is 5.93. The zero-order chi connectivity index (χ0) is 12.1. The van der Waals surface area contributed by atoms with Crippen molar-refractivity contribution in [3.8, 4) is 0 Å². The summed E-state index contributed by atoms with van der Waals surface area (Å²) in [5, 5.41) is 0. The van der Waals surface area contributed by atoms with E-state index in [9.17, 15) is 0 Å². The maximum absolute atomic E-state index is 5.93.